The van der Waals surface area contributed by atoms with E-state index in [0.717, 1.165) is 24.7 Å². The lowest BCUT2D eigenvalue weighted by atomic mass is 9.85. The number of rotatable bonds is 2. The Hall–Kier alpha value is -0.900. The molecule has 2 heterocycles. The summed E-state index contributed by atoms with van der Waals surface area (Å²) in [6.07, 6.45) is 7.43. The number of piperidine rings is 1. The second kappa shape index (κ2) is 3.93. The molecule has 82 valence electrons. The van der Waals surface area contributed by atoms with E-state index in [9.17, 15) is 0 Å². The van der Waals surface area contributed by atoms with Crippen molar-refractivity contribution >= 4 is 0 Å². The van der Waals surface area contributed by atoms with Crippen molar-refractivity contribution in [1.29, 1.82) is 0 Å². The molecule has 4 heteroatoms. The van der Waals surface area contributed by atoms with Gasteiger partial charge in [-0.15, -0.1) is 0 Å². The molecular formula is C11H17N3O. The first-order valence-corrected chi connectivity index (χ1v) is 6.00. The van der Waals surface area contributed by atoms with Crippen molar-refractivity contribution in [2.45, 2.75) is 50.5 Å². The van der Waals surface area contributed by atoms with Crippen LogP contribution in [0.3, 0.4) is 0 Å². The van der Waals surface area contributed by atoms with Gasteiger partial charge in [0.15, 0.2) is 5.82 Å². The SMILES string of the molecule is C1CCC(c2noc(C3CCC3)n2)NC1. The van der Waals surface area contributed by atoms with Gasteiger partial charge in [0.1, 0.15) is 0 Å². The third-order valence-electron chi connectivity index (χ3n) is 3.53. The fourth-order valence-corrected chi connectivity index (χ4v) is 2.28. The first-order valence-electron chi connectivity index (χ1n) is 6.00. The fourth-order valence-electron chi connectivity index (χ4n) is 2.28. The van der Waals surface area contributed by atoms with E-state index in [0.29, 0.717) is 12.0 Å². The molecule has 0 amide bonds. The largest absolute Gasteiger partial charge is 0.339 e. The zero-order valence-electron chi connectivity index (χ0n) is 8.91. The summed E-state index contributed by atoms with van der Waals surface area (Å²) in [5.74, 6) is 2.29. The normalized spacial score (nSPS) is 27.6. The molecule has 1 unspecified atom stereocenters. The second-order valence-electron chi connectivity index (χ2n) is 4.62. The molecule has 0 spiro atoms. The van der Waals surface area contributed by atoms with Gasteiger partial charge in [0.05, 0.1) is 6.04 Å². The predicted molar refractivity (Wildman–Crippen MR) is 55.5 cm³/mol. The smallest absolute Gasteiger partial charge is 0.229 e. The quantitative estimate of drug-likeness (QED) is 0.807. The van der Waals surface area contributed by atoms with Crippen LogP contribution in [0.15, 0.2) is 4.52 Å². The highest BCUT2D eigenvalue weighted by atomic mass is 16.5. The van der Waals surface area contributed by atoms with Crippen molar-refractivity contribution in [3.8, 4) is 0 Å². The summed E-state index contributed by atoms with van der Waals surface area (Å²) >= 11 is 0. The Morgan fingerprint density at radius 1 is 1.13 bits per heavy atom. The lowest BCUT2D eigenvalue weighted by molar-refractivity contribution is 0.288. The van der Waals surface area contributed by atoms with Gasteiger partial charge in [0, 0.05) is 5.92 Å². The Bertz CT molecular complexity index is 326. The second-order valence-corrected chi connectivity index (χ2v) is 4.62. The third-order valence-corrected chi connectivity index (χ3v) is 3.53. The highest BCUT2D eigenvalue weighted by Gasteiger charge is 2.27. The number of nitrogens with zero attached hydrogens (tertiary/aromatic N) is 2. The first kappa shape index (κ1) is 9.33. The molecule has 2 aliphatic rings. The molecule has 1 N–H and O–H groups in total. The van der Waals surface area contributed by atoms with Crippen molar-refractivity contribution in [3.05, 3.63) is 11.7 Å². The van der Waals surface area contributed by atoms with E-state index in [1.165, 1.54) is 32.1 Å². The summed E-state index contributed by atoms with van der Waals surface area (Å²) in [7, 11) is 0. The van der Waals surface area contributed by atoms with Gasteiger partial charge in [-0.2, -0.15) is 4.98 Å². The highest BCUT2D eigenvalue weighted by Crippen LogP contribution is 2.35. The Labute approximate surface area is 89.4 Å². The molecule has 4 nitrogen and oxygen atoms in total. The Balaban J connectivity index is 1.71. The summed E-state index contributed by atoms with van der Waals surface area (Å²) in [6.45, 7) is 1.08. The van der Waals surface area contributed by atoms with E-state index < -0.39 is 0 Å². The van der Waals surface area contributed by atoms with Gasteiger partial charge >= 0.3 is 0 Å². The molecule has 1 saturated heterocycles. The van der Waals surface area contributed by atoms with E-state index in [1.54, 1.807) is 0 Å². The van der Waals surface area contributed by atoms with E-state index >= 15 is 0 Å². The number of nitrogens with one attached hydrogen (secondary N) is 1. The number of hydrogen-bond donors (Lipinski definition) is 1. The van der Waals surface area contributed by atoms with Crippen molar-refractivity contribution < 1.29 is 4.52 Å². The molecule has 1 aromatic heterocycles. The minimum absolute atomic E-state index is 0.330. The van der Waals surface area contributed by atoms with Crippen LogP contribution in [-0.4, -0.2) is 16.7 Å². The van der Waals surface area contributed by atoms with Crippen LogP contribution in [0.5, 0.6) is 0 Å². The van der Waals surface area contributed by atoms with Crippen LogP contribution in [0.25, 0.3) is 0 Å². The molecule has 1 aromatic rings. The average molecular weight is 207 g/mol. The van der Waals surface area contributed by atoms with Crippen LogP contribution in [-0.2, 0) is 0 Å². The van der Waals surface area contributed by atoms with E-state index in [2.05, 4.69) is 15.5 Å². The minimum atomic E-state index is 0.330. The summed E-state index contributed by atoms with van der Waals surface area (Å²) in [5, 5.41) is 7.53. The molecule has 1 aliphatic heterocycles. The van der Waals surface area contributed by atoms with Gasteiger partial charge < -0.3 is 9.84 Å². The molecule has 1 saturated carbocycles. The number of hydrogen-bond acceptors (Lipinski definition) is 4. The molecule has 1 aliphatic carbocycles. The van der Waals surface area contributed by atoms with Crippen LogP contribution < -0.4 is 5.32 Å². The van der Waals surface area contributed by atoms with Crippen LogP contribution in [0.2, 0.25) is 0 Å². The summed E-state index contributed by atoms with van der Waals surface area (Å²) in [5.41, 5.74) is 0. The van der Waals surface area contributed by atoms with E-state index in [1.807, 2.05) is 0 Å². The monoisotopic (exact) mass is 207 g/mol. The standard InChI is InChI=1S/C11H17N3O/c1-2-7-12-9(6-1)10-13-11(15-14-10)8-4-3-5-8/h8-9,12H,1-7H2. The molecule has 2 fully saturated rings. The van der Waals surface area contributed by atoms with Crippen LogP contribution in [0, 0.1) is 0 Å². The first-order chi connectivity index (χ1) is 7.43. The minimum Gasteiger partial charge on any atom is -0.339 e. The van der Waals surface area contributed by atoms with Gasteiger partial charge in [-0.1, -0.05) is 18.0 Å². The van der Waals surface area contributed by atoms with E-state index in [4.69, 9.17) is 4.52 Å². The van der Waals surface area contributed by atoms with Crippen molar-refractivity contribution in [1.82, 2.24) is 15.5 Å². The lowest BCUT2D eigenvalue weighted by Crippen LogP contribution is -2.27. The van der Waals surface area contributed by atoms with E-state index in [-0.39, 0.29) is 0 Å². The Morgan fingerprint density at radius 3 is 2.73 bits per heavy atom. The maximum absolute atomic E-state index is 5.32. The van der Waals surface area contributed by atoms with Gasteiger partial charge in [-0.3, -0.25) is 0 Å². The fraction of sp³-hybridized carbons (Fsp3) is 0.818. The zero-order valence-corrected chi connectivity index (χ0v) is 8.91. The summed E-state index contributed by atoms with van der Waals surface area (Å²) in [6, 6.07) is 0.330. The maximum atomic E-state index is 5.32. The summed E-state index contributed by atoms with van der Waals surface area (Å²) < 4.78 is 5.32. The topological polar surface area (TPSA) is 51.0 Å². The highest BCUT2D eigenvalue weighted by molar-refractivity contribution is 5.01. The third kappa shape index (κ3) is 1.78. The summed E-state index contributed by atoms with van der Waals surface area (Å²) in [4.78, 5) is 4.52. The van der Waals surface area contributed by atoms with Crippen molar-refractivity contribution in [2.24, 2.45) is 0 Å². The molecule has 3 rings (SSSR count). The molecule has 0 radical (unpaired) electrons. The maximum Gasteiger partial charge on any atom is 0.229 e. The Kier molecular flexibility index (Phi) is 2.44. The van der Waals surface area contributed by atoms with Gasteiger partial charge in [0.25, 0.3) is 0 Å². The molecular weight excluding hydrogens is 190 g/mol. The van der Waals surface area contributed by atoms with Crippen LogP contribution >= 0.6 is 0 Å². The predicted octanol–water partition coefficient (Wildman–Crippen LogP) is 2.15. The molecule has 15 heavy (non-hydrogen) atoms. The number of aromatic nitrogens is 2. The van der Waals surface area contributed by atoms with Gasteiger partial charge in [0.2, 0.25) is 5.89 Å². The average Bonchev–Trinajstić information content (AvgIpc) is 2.66. The van der Waals surface area contributed by atoms with Crippen LogP contribution in [0.1, 0.15) is 62.2 Å². The molecule has 1 atom stereocenters. The van der Waals surface area contributed by atoms with Gasteiger partial charge in [-0.25, -0.2) is 0 Å². The van der Waals surface area contributed by atoms with Crippen molar-refractivity contribution in [2.75, 3.05) is 6.54 Å². The lowest BCUT2D eigenvalue weighted by Gasteiger charge is -2.21. The van der Waals surface area contributed by atoms with Crippen molar-refractivity contribution in [3.63, 3.8) is 0 Å². The van der Waals surface area contributed by atoms with Crippen LogP contribution in [0.4, 0.5) is 0 Å². The van der Waals surface area contributed by atoms with Gasteiger partial charge in [-0.05, 0) is 32.2 Å². The molecule has 0 bridgehead atoms. The Morgan fingerprint density at radius 2 is 2.07 bits per heavy atom. The zero-order chi connectivity index (χ0) is 10.1. The molecule has 0 aromatic carbocycles.